The molecule has 0 atom stereocenters. The third kappa shape index (κ3) is 4.17. The Morgan fingerprint density at radius 2 is 1.68 bits per heavy atom. The first-order valence-electron chi connectivity index (χ1n) is 10.2. The monoisotopic (exact) mass is 389 g/mol. The van der Waals surface area contributed by atoms with E-state index in [-0.39, 0.29) is 17.4 Å². The third-order valence-corrected chi connectivity index (χ3v) is 6.27. The smallest absolute Gasteiger partial charge is 0.258 e. The van der Waals surface area contributed by atoms with Gasteiger partial charge in [-0.1, -0.05) is 6.42 Å². The van der Waals surface area contributed by atoms with Crippen molar-refractivity contribution in [1.82, 2.24) is 24.6 Å². The van der Waals surface area contributed by atoms with Crippen LogP contribution in [-0.2, 0) is 4.79 Å². The number of pyridine rings is 1. The molecule has 0 aromatic carbocycles. The molecule has 152 valence electrons. The fraction of sp³-hybridized carbons (Fsp3) is 0.650. The highest BCUT2D eigenvalue weighted by Gasteiger charge is 2.30. The summed E-state index contributed by atoms with van der Waals surface area (Å²) in [5, 5.41) is 0. The molecule has 1 aromatic heterocycles. The average molecular weight is 389 g/mol. The van der Waals surface area contributed by atoms with Crippen LogP contribution in [0.4, 0.5) is 4.39 Å². The zero-order valence-corrected chi connectivity index (χ0v) is 16.2. The summed E-state index contributed by atoms with van der Waals surface area (Å²) in [5.74, 6) is -0.700. The first-order valence-corrected chi connectivity index (χ1v) is 10.2. The van der Waals surface area contributed by atoms with Gasteiger partial charge in [0.1, 0.15) is 5.82 Å². The molecule has 3 aliphatic rings. The van der Waals surface area contributed by atoms with Gasteiger partial charge in [0.15, 0.2) is 0 Å². The van der Waals surface area contributed by atoms with Crippen LogP contribution in [0.2, 0.25) is 0 Å². The highest BCUT2D eigenvalue weighted by molar-refractivity contribution is 5.94. The lowest BCUT2D eigenvalue weighted by Gasteiger charge is -2.43. The molecule has 2 amide bonds. The van der Waals surface area contributed by atoms with Gasteiger partial charge in [-0.05, 0) is 18.9 Å². The Morgan fingerprint density at radius 1 is 1.00 bits per heavy atom. The van der Waals surface area contributed by atoms with Crippen LogP contribution < -0.4 is 0 Å². The van der Waals surface area contributed by atoms with Crippen LogP contribution in [0.15, 0.2) is 18.5 Å². The molecule has 2 aliphatic heterocycles. The molecule has 4 rings (SSSR count). The van der Waals surface area contributed by atoms with Crippen LogP contribution in [0.5, 0.6) is 0 Å². The Balaban J connectivity index is 1.21. The zero-order chi connectivity index (χ0) is 19.5. The molecule has 3 fully saturated rings. The van der Waals surface area contributed by atoms with Crippen molar-refractivity contribution in [2.75, 3.05) is 58.9 Å². The summed E-state index contributed by atoms with van der Waals surface area (Å²) < 4.78 is 13.8. The second-order valence-corrected chi connectivity index (χ2v) is 7.93. The van der Waals surface area contributed by atoms with Crippen LogP contribution in [0, 0.1) is 5.82 Å². The van der Waals surface area contributed by atoms with Crippen molar-refractivity contribution >= 4 is 11.8 Å². The highest BCUT2D eigenvalue weighted by atomic mass is 19.1. The van der Waals surface area contributed by atoms with Gasteiger partial charge in [-0.15, -0.1) is 0 Å². The van der Waals surface area contributed by atoms with E-state index in [9.17, 15) is 14.0 Å². The number of hydrogen-bond acceptors (Lipinski definition) is 5. The molecule has 0 radical (unpaired) electrons. The van der Waals surface area contributed by atoms with Gasteiger partial charge in [0.2, 0.25) is 5.91 Å². The quantitative estimate of drug-likeness (QED) is 0.758. The van der Waals surface area contributed by atoms with Gasteiger partial charge in [-0.2, -0.15) is 0 Å². The first-order chi connectivity index (χ1) is 13.6. The minimum absolute atomic E-state index is 0.0105. The van der Waals surface area contributed by atoms with E-state index >= 15 is 0 Å². The molecule has 1 saturated carbocycles. The molecule has 7 nitrogen and oxygen atoms in total. The van der Waals surface area contributed by atoms with Gasteiger partial charge < -0.3 is 9.80 Å². The second-order valence-electron chi connectivity index (χ2n) is 7.93. The fourth-order valence-corrected chi connectivity index (χ4v) is 4.19. The number of amides is 2. The van der Waals surface area contributed by atoms with E-state index in [0.29, 0.717) is 32.7 Å². The number of halogens is 1. The van der Waals surface area contributed by atoms with Crippen LogP contribution in [-0.4, -0.2) is 101 Å². The lowest BCUT2D eigenvalue weighted by atomic mass is 9.91. The molecule has 0 spiro atoms. The normalized spacial score (nSPS) is 22.2. The lowest BCUT2D eigenvalue weighted by Crippen LogP contribution is -2.56. The van der Waals surface area contributed by atoms with Gasteiger partial charge in [0, 0.05) is 70.8 Å². The highest BCUT2D eigenvalue weighted by Crippen LogP contribution is 2.25. The fourth-order valence-electron chi connectivity index (χ4n) is 4.19. The van der Waals surface area contributed by atoms with E-state index in [4.69, 9.17) is 0 Å². The standard InChI is InChI=1S/C20H28FN5O2/c21-18-4-5-22-14-17(18)20(28)26-8-6-23(7-9-26)15-19(27)25-12-10-24(11-13-25)16-2-1-3-16/h4-5,14,16H,1-3,6-13,15H2. The van der Waals surface area contributed by atoms with Crippen molar-refractivity contribution in [1.29, 1.82) is 0 Å². The summed E-state index contributed by atoms with van der Waals surface area (Å²) in [7, 11) is 0. The van der Waals surface area contributed by atoms with Crippen molar-refractivity contribution in [3.05, 3.63) is 29.8 Å². The summed E-state index contributed by atoms with van der Waals surface area (Å²) in [5.41, 5.74) is 0.0105. The Kier molecular flexibility index (Phi) is 5.87. The Hall–Kier alpha value is -2.06. The Labute approximate surface area is 165 Å². The molecule has 0 bridgehead atoms. The van der Waals surface area contributed by atoms with Gasteiger partial charge in [0.05, 0.1) is 12.1 Å². The van der Waals surface area contributed by atoms with Crippen LogP contribution >= 0.6 is 0 Å². The van der Waals surface area contributed by atoms with E-state index in [1.165, 1.54) is 37.7 Å². The van der Waals surface area contributed by atoms with E-state index < -0.39 is 5.82 Å². The van der Waals surface area contributed by atoms with Gasteiger partial charge in [0.25, 0.3) is 5.91 Å². The minimum Gasteiger partial charge on any atom is -0.339 e. The van der Waals surface area contributed by atoms with Gasteiger partial charge in [-0.3, -0.25) is 24.4 Å². The van der Waals surface area contributed by atoms with Gasteiger partial charge >= 0.3 is 0 Å². The van der Waals surface area contributed by atoms with Crippen molar-refractivity contribution in [2.45, 2.75) is 25.3 Å². The number of carbonyl (C=O) groups excluding carboxylic acids is 2. The minimum atomic E-state index is -0.543. The molecule has 1 aromatic rings. The van der Waals surface area contributed by atoms with E-state index in [1.807, 2.05) is 4.90 Å². The average Bonchev–Trinajstić information content (AvgIpc) is 2.68. The number of aromatic nitrogens is 1. The predicted octanol–water partition coefficient (Wildman–Crippen LogP) is 0.675. The SMILES string of the molecule is O=C(CN1CCN(C(=O)c2cnccc2F)CC1)N1CCN(C2CCC2)CC1. The largest absolute Gasteiger partial charge is 0.339 e. The number of nitrogens with zero attached hydrogens (tertiary/aromatic N) is 5. The topological polar surface area (TPSA) is 60.0 Å². The maximum atomic E-state index is 13.8. The summed E-state index contributed by atoms with van der Waals surface area (Å²) in [6.07, 6.45) is 6.56. The van der Waals surface area contributed by atoms with Crippen molar-refractivity contribution in [3.63, 3.8) is 0 Å². The maximum Gasteiger partial charge on any atom is 0.258 e. The summed E-state index contributed by atoms with van der Waals surface area (Å²) in [4.78, 5) is 37.2. The van der Waals surface area contributed by atoms with Crippen LogP contribution in [0.3, 0.4) is 0 Å². The molecule has 1 aliphatic carbocycles. The third-order valence-electron chi connectivity index (χ3n) is 6.27. The predicted molar refractivity (Wildman–Crippen MR) is 102 cm³/mol. The number of carbonyl (C=O) groups is 2. The van der Waals surface area contributed by atoms with Crippen LogP contribution in [0.25, 0.3) is 0 Å². The maximum absolute atomic E-state index is 13.8. The summed E-state index contributed by atoms with van der Waals surface area (Å²) in [6, 6.07) is 1.94. The molecular weight excluding hydrogens is 361 g/mol. The van der Waals surface area contributed by atoms with E-state index in [1.54, 1.807) is 4.90 Å². The number of piperazine rings is 2. The summed E-state index contributed by atoms with van der Waals surface area (Å²) in [6.45, 7) is 6.23. The Bertz CT molecular complexity index is 710. The molecule has 3 heterocycles. The van der Waals surface area contributed by atoms with Crippen molar-refractivity contribution in [2.24, 2.45) is 0 Å². The van der Waals surface area contributed by atoms with Crippen molar-refractivity contribution < 1.29 is 14.0 Å². The molecule has 8 heteroatoms. The molecule has 0 unspecified atom stereocenters. The zero-order valence-electron chi connectivity index (χ0n) is 16.2. The van der Waals surface area contributed by atoms with E-state index in [0.717, 1.165) is 32.2 Å². The summed E-state index contributed by atoms with van der Waals surface area (Å²) >= 11 is 0. The lowest BCUT2D eigenvalue weighted by molar-refractivity contribution is -0.135. The first kappa shape index (κ1) is 19.3. The molecule has 28 heavy (non-hydrogen) atoms. The Morgan fingerprint density at radius 3 is 2.29 bits per heavy atom. The van der Waals surface area contributed by atoms with Crippen molar-refractivity contribution in [3.8, 4) is 0 Å². The number of hydrogen-bond donors (Lipinski definition) is 0. The number of rotatable bonds is 4. The van der Waals surface area contributed by atoms with Gasteiger partial charge in [-0.25, -0.2) is 4.39 Å². The van der Waals surface area contributed by atoms with Crippen LogP contribution in [0.1, 0.15) is 29.6 Å². The second kappa shape index (κ2) is 8.53. The molecule has 2 saturated heterocycles. The van der Waals surface area contributed by atoms with E-state index in [2.05, 4.69) is 14.8 Å². The molecular formula is C20H28FN5O2. The molecule has 0 N–H and O–H groups in total.